The lowest BCUT2D eigenvalue weighted by Crippen LogP contribution is -2.41. The van der Waals surface area contributed by atoms with Crippen molar-refractivity contribution in [2.45, 2.75) is 64.2 Å². The van der Waals surface area contributed by atoms with Gasteiger partial charge in [0.2, 0.25) is 0 Å². The van der Waals surface area contributed by atoms with Gasteiger partial charge in [0, 0.05) is 18.5 Å². The van der Waals surface area contributed by atoms with Crippen LogP contribution in [0.4, 0.5) is 4.79 Å². The highest BCUT2D eigenvalue weighted by molar-refractivity contribution is 5.68. The maximum atomic E-state index is 12.1. The summed E-state index contributed by atoms with van der Waals surface area (Å²) in [5, 5.41) is 13.8. The van der Waals surface area contributed by atoms with Gasteiger partial charge < -0.3 is 20.1 Å². The number of β-amino-alcohol motifs (C(OH)–C–C–N with tert-alkyl or cyclic N) is 1. The minimum absolute atomic E-state index is 0.126. The highest BCUT2D eigenvalue weighted by Crippen LogP contribution is 2.26. The molecule has 2 N–H and O–H groups in total. The fourth-order valence-corrected chi connectivity index (χ4v) is 3.10. The number of nitrogens with zero attached hydrogens (tertiary/aromatic N) is 1. The zero-order valence-corrected chi connectivity index (χ0v) is 12.9. The Morgan fingerprint density at radius 3 is 2.70 bits per heavy atom. The van der Waals surface area contributed by atoms with Gasteiger partial charge in [0.25, 0.3) is 0 Å². The fraction of sp³-hybridized carbons (Fsp3) is 0.933. The van der Waals surface area contributed by atoms with Crippen molar-refractivity contribution >= 4 is 6.09 Å². The number of aliphatic hydroxyl groups is 1. The predicted octanol–water partition coefficient (Wildman–Crippen LogP) is 1.75. The van der Waals surface area contributed by atoms with Crippen molar-refractivity contribution < 1.29 is 14.6 Å². The number of carbonyl (C=O) groups excluding carboxylic acids is 1. The van der Waals surface area contributed by atoms with E-state index < -0.39 is 11.7 Å². The van der Waals surface area contributed by atoms with E-state index in [-0.39, 0.29) is 12.0 Å². The first-order chi connectivity index (χ1) is 9.37. The molecule has 2 aliphatic rings. The molecule has 2 fully saturated rings. The quantitative estimate of drug-likeness (QED) is 0.770. The number of likely N-dealkylation sites (tertiary alicyclic amines) is 1. The van der Waals surface area contributed by atoms with Gasteiger partial charge in [0.1, 0.15) is 5.60 Å². The molecule has 2 heterocycles. The molecule has 116 valence electrons. The molecule has 0 aromatic rings. The van der Waals surface area contributed by atoms with Crippen LogP contribution < -0.4 is 5.32 Å². The van der Waals surface area contributed by atoms with E-state index in [2.05, 4.69) is 5.32 Å². The van der Waals surface area contributed by atoms with Crippen LogP contribution in [-0.2, 0) is 4.74 Å². The van der Waals surface area contributed by atoms with Gasteiger partial charge in [-0.2, -0.15) is 0 Å². The number of amides is 1. The van der Waals surface area contributed by atoms with Crippen LogP contribution in [0.15, 0.2) is 0 Å². The SMILES string of the molecule is CC(C)(C)OC(=O)N1C[C@@H](O)[C@H](C2CCCCCN2)C1. The molecular formula is C15H28N2O3. The molecule has 1 unspecified atom stereocenters. The van der Waals surface area contributed by atoms with Crippen LogP contribution in [0.2, 0.25) is 0 Å². The highest BCUT2D eigenvalue weighted by atomic mass is 16.6. The summed E-state index contributed by atoms with van der Waals surface area (Å²) >= 11 is 0. The Bertz CT molecular complexity index is 333. The van der Waals surface area contributed by atoms with Crippen LogP contribution >= 0.6 is 0 Å². The van der Waals surface area contributed by atoms with Gasteiger partial charge in [0.15, 0.2) is 0 Å². The molecule has 5 nitrogen and oxygen atoms in total. The maximum Gasteiger partial charge on any atom is 0.410 e. The Labute approximate surface area is 121 Å². The second-order valence-corrected chi connectivity index (χ2v) is 7.03. The van der Waals surface area contributed by atoms with Gasteiger partial charge >= 0.3 is 6.09 Å². The summed E-state index contributed by atoms with van der Waals surface area (Å²) in [6.45, 7) is 7.58. The van der Waals surface area contributed by atoms with Crippen molar-refractivity contribution in [2.75, 3.05) is 19.6 Å². The first-order valence-corrected chi connectivity index (χ1v) is 7.76. The lowest BCUT2D eigenvalue weighted by Gasteiger charge is -2.26. The van der Waals surface area contributed by atoms with Crippen molar-refractivity contribution in [3.8, 4) is 0 Å². The summed E-state index contributed by atoms with van der Waals surface area (Å²) in [4.78, 5) is 13.7. The number of ether oxygens (including phenoxy) is 1. The third-order valence-electron chi connectivity index (χ3n) is 4.10. The molecule has 2 saturated heterocycles. The van der Waals surface area contributed by atoms with Crippen LogP contribution in [-0.4, -0.2) is 53.5 Å². The summed E-state index contributed by atoms with van der Waals surface area (Å²) in [5.41, 5.74) is -0.485. The van der Waals surface area contributed by atoms with Gasteiger partial charge in [-0.05, 0) is 40.2 Å². The summed E-state index contributed by atoms with van der Waals surface area (Å²) < 4.78 is 5.39. The highest BCUT2D eigenvalue weighted by Gasteiger charge is 2.40. The average Bonchev–Trinajstić information content (AvgIpc) is 2.57. The van der Waals surface area contributed by atoms with Gasteiger partial charge in [0.05, 0.1) is 12.6 Å². The molecule has 2 aliphatic heterocycles. The zero-order valence-electron chi connectivity index (χ0n) is 12.9. The monoisotopic (exact) mass is 284 g/mol. The van der Waals surface area contributed by atoms with Crippen LogP contribution in [0.5, 0.6) is 0 Å². The topological polar surface area (TPSA) is 61.8 Å². The van der Waals surface area contributed by atoms with Crippen molar-refractivity contribution in [3.05, 3.63) is 0 Å². The van der Waals surface area contributed by atoms with Crippen molar-refractivity contribution in [3.63, 3.8) is 0 Å². The first kappa shape index (κ1) is 15.6. The number of nitrogens with one attached hydrogen (secondary N) is 1. The number of hydrogen-bond donors (Lipinski definition) is 2. The van der Waals surface area contributed by atoms with Crippen molar-refractivity contribution in [1.82, 2.24) is 10.2 Å². The van der Waals surface area contributed by atoms with Gasteiger partial charge in [-0.15, -0.1) is 0 Å². The molecule has 5 heteroatoms. The lowest BCUT2D eigenvalue weighted by molar-refractivity contribution is 0.0269. The smallest absolute Gasteiger partial charge is 0.410 e. The Morgan fingerprint density at radius 1 is 1.25 bits per heavy atom. The molecule has 20 heavy (non-hydrogen) atoms. The van der Waals surface area contributed by atoms with Gasteiger partial charge in [-0.3, -0.25) is 0 Å². The molecule has 3 atom stereocenters. The first-order valence-electron chi connectivity index (χ1n) is 7.76. The van der Waals surface area contributed by atoms with Gasteiger partial charge in [-0.25, -0.2) is 4.79 Å². The van der Waals surface area contributed by atoms with Crippen molar-refractivity contribution in [1.29, 1.82) is 0 Å². The molecule has 0 radical (unpaired) electrons. The molecule has 0 bridgehead atoms. The maximum absolute atomic E-state index is 12.1. The van der Waals surface area contributed by atoms with E-state index in [0.29, 0.717) is 19.1 Å². The molecule has 2 rings (SSSR count). The van der Waals surface area contributed by atoms with Crippen LogP contribution in [0, 0.1) is 5.92 Å². The largest absolute Gasteiger partial charge is 0.444 e. The fourth-order valence-electron chi connectivity index (χ4n) is 3.10. The molecule has 0 saturated carbocycles. The van der Waals surface area contributed by atoms with Crippen LogP contribution in [0.25, 0.3) is 0 Å². The van der Waals surface area contributed by atoms with E-state index in [0.717, 1.165) is 13.0 Å². The molecule has 0 aromatic heterocycles. The lowest BCUT2D eigenvalue weighted by atomic mass is 9.93. The molecule has 1 amide bonds. The van der Waals surface area contributed by atoms with E-state index >= 15 is 0 Å². The minimum Gasteiger partial charge on any atom is -0.444 e. The second kappa shape index (κ2) is 6.31. The zero-order chi connectivity index (χ0) is 14.8. The number of aliphatic hydroxyl groups excluding tert-OH is 1. The normalized spacial score (nSPS) is 32.0. The van der Waals surface area contributed by atoms with Crippen LogP contribution in [0.1, 0.15) is 46.5 Å². The Kier molecular flexibility index (Phi) is 4.91. The Hall–Kier alpha value is -0.810. The van der Waals surface area contributed by atoms with E-state index in [9.17, 15) is 9.90 Å². The summed E-state index contributed by atoms with van der Waals surface area (Å²) in [6, 6.07) is 0.319. The number of rotatable bonds is 1. The molecular weight excluding hydrogens is 256 g/mol. The van der Waals surface area contributed by atoms with E-state index in [1.807, 2.05) is 20.8 Å². The van der Waals surface area contributed by atoms with E-state index in [1.54, 1.807) is 4.90 Å². The van der Waals surface area contributed by atoms with Crippen molar-refractivity contribution in [2.24, 2.45) is 5.92 Å². The third kappa shape index (κ3) is 4.09. The Morgan fingerprint density at radius 2 is 2.00 bits per heavy atom. The third-order valence-corrected chi connectivity index (χ3v) is 4.10. The predicted molar refractivity (Wildman–Crippen MR) is 77.6 cm³/mol. The summed E-state index contributed by atoms with van der Waals surface area (Å²) in [7, 11) is 0. The van der Waals surface area contributed by atoms with Crippen LogP contribution in [0.3, 0.4) is 0 Å². The minimum atomic E-state index is -0.485. The van der Waals surface area contributed by atoms with E-state index in [4.69, 9.17) is 4.74 Å². The second-order valence-electron chi connectivity index (χ2n) is 7.03. The molecule has 0 spiro atoms. The molecule has 0 aromatic carbocycles. The van der Waals surface area contributed by atoms with Gasteiger partial charge in [-0.1, -0.05) is 12.8 Å². The molecule has 0 aliphatic carbocycles. The number of hydrogen-bond acceptors (Lipinski definition) is 4. The Balaban J connectivity index is 1.92. The summed E-state index contributed by atoms with van der Waals surface area (Å²) in [6.07, 6.45) is 3.99. The summed E-state index contributed by atoms with van der Waals surface area (Å²) in [5.74, 6) is 0.126. The average molecular weight is 284 g/mol. The number of carbonyl (C=O) groups is 1. The standard InChI is InChI=1S/C15H28N2O3/c1-15(2,3)20-14(19)17-9-11(13(18)10-17)12-7-5-4-6-8-16-12/h11-13,16,18H,4-10H2,1-3H3/t11-,12?,13+/m0/s1. The van der Waals surface area contributed by atoms with E-state index in [1.165, 1.54) is 19.3 Å².